The van der Waals surface area contributed by atoms with Gasteiger partial charge in [0.05, 0.1) is 52.7 Å². The number of ether oxygens (including phenoxy) is 5. The van der Waals surface area contributed by atoms with Gasteiger partial charge < -0.3 is 39.4 Å². The minimum absolute atomic E-state index is 0.172. The minimum atomic E-state index is -1.17. The smallest absolute Gasteiger partial charge is 0.338 e. The van der Waals surface area contributed by atoms with Crippen LogP contribution < -0.4 is 30.3 Å². The number of allylic oxidation sites excluding steroid dienone is 1. The van der Waals surface area contributed by atoms with Crippen molar-refractivity contribution in [3.63, 3.8) is 0 Å². The second-order valence-corrected chi connectivity index (χ2v) is 12.1. The summed E-state index contributed by atoms with van der Waals surface area (Å²) in [4.78, 5) is 36.5. The minimum Gasteiger partial charge on any atom is -0.490 e. The molecule has 0 spiro atoms. The molecule has 0 saturated carbocycles. The third-order valence-corrected chi connectivity index (χ3v) is 8.16. The number of amides is 2. The molecule has 3 aromatic carbocycles. The molecule has 49 heavy (non-hydrogen) atoms. The number of nitrogens with one attached hydrogen (secondary N) is 3. The molecule has 0 radical (unpaired) electrons. The predicted octanol–water partition coefficient (Wildman–Crippen LogP) is 5.49. The number of esters is 2. The Hall–Kier alpha value is -4.60. The molecule has 3 aromatic rings. The van der Waals surface area contributed by atoms with Crippen LogP contribution in [0.25, 0.3) is 0 Å². The fourth-order valence-electron chi connectivity index (χ4n) is 4.72. The molecule has 0 bridgehead atoms. The summed E-state index contributed by atoms with van der Waals surface area (Å²) >= 11 is 7.06. The molecule has 0 fully saturated rings. The third-order valence-electron chi connectivity index (χ3n) is 6.98. The Morgan fingerprint density at radius 1 is 0.980 bits per heavy atom. The highest BCUT2D eigenvalue weighted by Crippen LogP contribution is 2.36. The van der Waals surface area contributed by atoms with E-state index in [1.54, 1.807) is 75.4 Å². The van der Waals surface area contributed by atoms with Gasteiger partial charge in [-0.3, -0.25) is 5.43 Å². The zero-order valence-electron chi connectivity index (χ0n) is 27.2. The van der Waals surface area contributed by atoms with E-state index in [-0.39, 0.29) is 24.8 Å². The number of aliphatic hydroxyl groups is 1. The van der Waals surface area contributed by atoms with Crippen LogP contribution in [0.1, 0.15) is 53.9 Å². The van der Waals surface area contributed by atoms with E-state index in [1.807, 2.05) is 0 Å². The molecule has 1 heterocycles. The van der Waals surface area contributed by atoms with Crippen molar-refractivity contribution in [1.82, 2.24) is 16.1 Å². The highest BCUT2D eigenvalue weighted by atomic mass is 79.9. The monoisotopic (exact) mass is 802 g/mol. The fraction of sp³-hybridized carbons (Fsp3) is 0.294. The van der Waals surface area contributed by atoms with Crippen LogP contribution in [0.5, 0.6) is 17.2 Å². The van der Waals surface area contributed by atoms with Crippen LogP contribution in [0.4, 0.5) is 4.79 Å². The number of hydrogen-bond acceptors (Lipinski definition) is 11. The highest BCUT2D eigenvalue weighted by molar-refractivity contribution is 9.11. The molecule has 1 aliphatic rings. The Kier molecular flexibility index (Phi) is 13.4. The van der Waals surface area contributed by atoms with Crippen LogP contribution in [0.2, 0.25) is 0 Å². The van der Waals surface area contributed by atoms with Crippen LogP contribution in [0.15, 0.2) is 79.9 Å². The van der Waals surface area contributed by atoms with Gasteiger partial charge >= 0.3 is 18.0 Å². The molecular formula is C34H36Br2N4O9. The number of aliphatic hydroxyl groups excluding tert-OH is 1. The zero-order valence-corrected chi connectivity index (χ0v) is 30.3. The van der Waals surface area contributed by atoms with Gasteiger partial charge in [-0.2, -0.15) is 5.10 Å². The predicted molar refractivity (Wildman–Crippen MR) is 188 cm³/mol. The number of methoxy groups -OCH3 is 1. The van der Waals surface area contributed by atoms with Crippen LogP contribution in [0.3, 0.4) is 0 Å². The number of hydrogen-bond donors (Lipinski definition) is 4. The number of carbonyl (C=O) groups excluding carboxylic acids is 3. The molecule has 13 nitrogen and oxygen atoms in total. The Balaban J connectivity index is 1.34. The van der Waals surface area contributed by atoms with Gasteiger partial charge in [-0.1, -0.05) is 18.2 Å². The van der Waals surface area contributed by atoms with Crippen molar-refractivity contribution >= 4 is 56.0 Å². The maximum atomic E-state index is 12.5. The van der Waals surface area contributed by atoms with Crippen molar-refractivity contribution in [1.29, 1.82) is 0 Å². The summed E-state index contributed by atoms with van der Waals surface area (Å²) in [5, 5.41) is 19.9. The van der Waals surface area contributed by atoms with E-state index in [4.69, 9.17) is 23.7 Å². The maximum Gasteiger partial charge on any atom is 0.338 e. The van der Waals surface area contributed by atoms with Gasteiger partial charge in [0.15, 0.2) is 17.7 Å². The molecule has 4 N–H and O–H groups in total. The van der Waals surface area contributed by atoms with Gasteiger partial charge in [0, 0.05) is 5.70 Å². The molecule has 0 saturated heterocycles. The lowest BCUT2D eigenvalue weighted by atomic mass is 9.95. The van der Waals surface area contributed by atoms with Crippen LogP contribution >= 0.6 is 31.9 Å². The third kappa shape index (κ3) is 9.96. The van der Waals surface area contributed by atoms with E-state index >= 15 is 0 Å². The Morgan fingerprint density at radius 2 is 1.69 bits per heavy atom. The Bertz CT molecular complexity index is 1710. The lowest BCUT2D eigenvalue weighted by Crippen LogP contribution is -2.45. The number of benzene rings is 3. The summed E-state index contributed by atoms with van der Waals surface area (Å²) in [6, 6.07) is 14.4. The number of nitrogens with zero attached hydrogens (tertiary/aromatic N) is 1. The van der Waals surface area contributed by atoms with Gasteiger partial charge in [-0.25, -0.2) is 14.4 Å². The van der Waals surface area contributed by atoms with Gasteiger partial charge in [0.2, 0.25) is 0 Å². The average molecular weight is 804 g/mol. The van der Waals surface area contributed by atoms with Crippen molar-refractivity contribution in [2.75, 3.05) is 26.9 Å². The SMILES string of the molecule is CCOC(=O)c1ccc(COc2c(Br)cc(/C=N/N[C@H](O)COc3ccc([C@H]4NC(=O)NC(C)=C4C(=O)OC)cc3OCC)cc2Br)cc1. The normalized spacial score (nSPS) is 14.8. The van der Waals surface area contributed by atoms with Gasteiger partial charge in [-0.15, -0.1) is 0 Å². The van der Waals surface area contributed by atoms with Gasteiger partial charge in [0.1, 0.15) is 19.0 Å². The van der Waals surface area contributed by atoms with Crippen molar-refractivity contribution < 1.29 is 43.2 Å². The van der Waals surface area contributed by atoms with Crippen molar-refractivity contribution in [2.24, 2.45) is 5.10 Å². The molecule has 2 amide bonds. The van der Waals surface area contributed by atoms with E-state index in [1.165, 1.54) is 13.3 Å². The molecule has 2 atom stereocenters. The van der Waals surface area contributed by atoms with Crippen molar-refractivity contribution in [3.8, 4) is 17.2 Å². The topological polar surface area (TPSA) is 166 Å². The van der Waals surface area contributed by atoms with E-state index in [9.17, 15) is 19.5 Å². The Labute approximate surface area is 300 Å². The first kappa shape index (κ1) is 37.2. The second kappa shape index (κ2) is 17.7. The molecule has 0 aliphatic carbocycles. The summed E-state index contributed by atoms with van der Waals surface area (Å²) in [5.74, 6) is 0.331. The van der Waals surface area contributed by atoms with Crippen LogP contribution in [-0.2, 0) is 20.9 Å². The number of urea groups is 1. The largest absolute Gasteiger partial charge is 0.490 e. The molecule has 0 unspecified atom stereocenters. The van der Waals surface area contributed by atoms with Crippen molar-refractivity contribution in [2.45, 2.75) is 39.6 Å². The van der Waals surface area contributed by atoms with Crippen LogP contribution in [-0.4, -0.2) is 62.4 Å². The first-order valence-electron chi connectivity index (χ1n) is 15.1. The summed E-state index contributed by atoms with van der Waals surface area (Å²) in [6.45, 7) is 5.92. The molecule has 1 aliphatic heterocycles. The summed E-state index contributed by atoms with van der Waals surface area (Å²) in [5.41, 5.74) is 5.90. The van der Waals surface area contributed by atoms with E-state index in [2.05, 4.69) is 53.0 Å². The number of rotatable bonds is 15. The summed E-state index contributed by atoms with van der Waals surface area (Å²) in [6.07, 6.45) is 0.356. The van der Waals surface area contributed by atoms with E-state index < -0.39 is 24.3 Å². The zero-order chi connectivity index (χ0) is 35.5. The Morgan fingerprint density at radius 3 is 2.35 bits per heavy atom. The van der Waals surface area contributed by atoms with Crippen molar-refractivity contribution in [3.05, 3.63) is 97.1 Å². The molecule has 0 aromatic heterocycles. The van der Waals surface area contributed by atoms with Gasteiger partial charge in [0.25, 0.3) is 0 Å². The molecule has 260 valence electrons. The fourth-order valence-corrected chi connectivity index (χ4v) is 6.17. The average Bonchev–Trinajstić information content (AvgIpc) is 3.07. The second-order valence-electron chi connectivity index (χ2n) is 10.4. The summed E-state index contributed by atoms with van der Waals surface area (Å²) < 4.78 is 28.8. The number of halogens is 2. The van der Waals surface area contributed by atoms with Crippen LogP contribution in [0, 0.1) is 0 Å². The van der Waals surface area contributed by atoms with E-state index in [0.717, 1.165) is 5.56 Å². The quantitative estimate of drug-likeness (QED) is 0.0669. The number of carbonyl (C=O) groups is 3. The van der Waals surface area contributed by atoms with E-state index in [0.29, 0.717) is 61.8 Å². The maximum absolute atomic E-state index is 12.5. The standard InChI is InChI=1S/C34H36Br2N4O9/c1-5-46-27-15-23(30-29(33(43)45-4)19(3)38-34(44)39-30)11-12-26(27)48-18-28(41)40-37-16-21-13-24(35)31(25(36)14-21)49-17-20-7-9-22(10-8-20)32(42)47-6-2/h7-16,28,30,40-41H,5-6,17-18H2,1-4H3,(H2,38,39,44)/b37-16+/t28-,30-/m1/s1. The summed E-state index contributed by atoms with van der Waals surface area (Å²) in [7, 11) is 1.27. The highest BCUT2D eigenvalue weighted by Gasteiger charge is 2.32. The molecule has 4 rings (SSSR count). The lowest BCUT2D eigenvalue weighted by molar-refractivity contribution is -0.136. The lowest BCUT2D eigenvalue weighted by Gasteiger charge is -2.28. The number of hydrazone groups is 1. The first-order chi connectivity index (χ1) is 23.5. The molecular weight excluding hydrogens is 768 g/mol. The first-order valence-corrected chi connectivity index (χ1v) is 16.7. The molecule has 15 heteroatoms. The van der Waals surface area contributed by atoms with Gasteiger partial charge in [-0.05, 0) is 106 Å².